The second kappa shape index (κ2) is 16.2. The second-order valence-corrected chi connectivity index (χ2v) is 13.4. The van der Waals surface area contributed by atoms with E-state index in [1.165, 1.54) is 55.1 Å². The molecule has 6 aromatic carbocycles. The zero-order chi connectivity index (χ0) is 38.1. The third kappa shape index (κ3) is 7.12. The Morgan fingerprint density at radius 2 is 0.964 bits per heavy atom. The Morgan fingerprint density at radius 3 is 1.36 bits per heavy atom. The Hall–Kier alpha value is -6.35. The van der Waals surface area contributed by atoms with E-state index in [1.807, 2.05) is 35.4 Å². The number of aromatic nitrogens is 9. The molecule has 1 radical (unpaired) electrons. The fourth-order valence-corrected chi connectivity index (χ4v) is 6.83. The summed E-state index contributed by atoms with van der Waals surface area (Å²) in [5, 5.41) is 23.7. The number of aryl methyl sites for hydroxylation is 2. The first-order valence-electron chi connectivity index (χ1n) is 18.0. The molecule has 0 amide bonds. The van der Waals surface area contributed by atoms with Crippen molar-refractivity contribution in [2.24, 2.45) is 14.1 Å². The van der Waals surface area contributed by atoms with Crippen LogP contribution in [-0.4, -0.2) is 29.6 Å². The van der Waals surface area contributed by atoms with E-state index in [0.717, 1.165) is 22.1 Å². The predicted molar refractivity (Wildman–Crippen MR) is 215 cm³/mol. The van der Waals surface area contributed by atoms with Crippen molar-refractivity contribution in [3.8, 4) is 22.9 Å². The maximum Gasteiger partial charge on any atom is 0.242 e. The molecular weight excluding hydrogens is 871 g/mol. The van der Waals surface area contributed by atoms with Crippen molar-refractivity contribution in [1.82, 2.24) is 34.7 Å². The quantitative estimate of drug-likeness (QED) is 0.104. The maximum atomic E-state index is 4.02. The number of rotatable bonds is 3. The molecule has 0 saturated carbocycles. The van der Waals surface area contributed by atoms with E-state index in [4.69, 9.17) is 0 Å². The van der Waals surface area contributed by atoms with E-state index in [1.54, 1.807) is 12.3 Å². The van der Waals surface area contributed by atoms with Gasteiger partial charge in [-0.3, -0.25) is 15.3 Å². The molecule has 0 aliphatic heterocycles. The van der Waals surface area contributed by atoms with Gasteiger partial charge in [-0.15, -0.1) is 70.1 Å². The van der Waals surface area contributed by atoms with Crippen LogP contribution in [0.3, 0.4) is 0 Å². The van der Waals surface area contributed by atoms with Crippen molar-refractivity contribution < 1.29 is 29.2 Å². The molecule has 0 aliphatic carbocycles. The Balaban J connectivity index is 0.000000135. The van der Waals surface area contributed by atoms with Crippen molar-refractivity contribution >= 4 is 43.1 Å². The number of imidazole rings is 2. The third-order valence-electron chi connectivity index (χ3n) is 10.2. The summed E-state index contributed by atoms with van der Waals surface area (Å²) in [4.78, 5) is 4.02. The molecule has 0 aliphatic rings. The van der Waals surface area contributed by atoms with Crippen molar-refractivity contribution in [1.29, 1.82) is 0 Å². The maximum absolute atomic E-state index is 4.02. The van der Waals surface area contributed by atoms with Gasteiger partial charge >= 0.3 is 0 Å². The van der Waals surface area contributed by atoms with E-state index < -0.39 is 0 Å². The molecule has 10 aromatic rings. The van der Waals surface area contributed by atoms with E-state index in [2.05, 4.69) is 184 Å². The topological polar surface area (TPSA) is 83.3 Å². The molecule has 10 heteroatoms. The van der Waals surface area contributed by atoms with Gasteiger partial charge in [0.05, 0.1) is 25.6 Å². The average molecular weight is 909 g/mol. The van der Waals surface area contributed by atoms with Crippen molar-refractivity contribution in [2.75, 3.05) is 0 Å². The Morgan fingerprint density at radius 1 is 0.536 bits per heavy atom. The van der Waals surface area contributed by atoms with Gasteiger partial charge in [0.1, 0.15) is 0 Å². The van der Waals surface area contributed by atoms with Gasteiger partial charge < -0.3 is 23.4 Å². The van der Waals surface area contributed by atoms with Crippen LogP contribution in [0.5, 0.6) is 0 Å². The molecule has 0 unspecified atom stereocenters. The van der Waals surface area contributed by atoms with Crippen molar-refractivity contribution in [3.63, 3.8) is 0 Å². The van der Waals surface area contributed by atoms with Crippen LogP contribution in [0.25, 0.3) is 66.0 Å². The van der Waals surface area contributed by atoms with E-state index >= 15 is 0 Å². The SMILES string of the molecule is Cc1c(C)[n+](C)[c-]n1-c1[c-]c2ccccc2c2ccccc12.Cc1c(C)[n+](C)[c-]n1-c1[c-]c2ccccc2c2ccccc12.[Ir].c1ccc(-c2nnn[n-]2)nc1. The summed E-state index contributed by atoms with van der Waals surface area (Å²) in [5.41, 5.74) is 7.64. The number of fused-ring (bicyclic) bond motifs is 6. The zero-order valence-electron chi connectivity index (χ0n) is 31.9. The van der Waals surface area contributed by atoms with Gasteiger partial charge in [-0.2, -0.15) is 5.21 Å². The molecule has 0 N–H and O–H groups in total. The molecule has 4 aromatic heterocycles. The number of tetrazole rings is 1. The van der Waals surface area contributed by atoms with Crippen LogP contribution >= 0.6 is 0 Å². The number of hydrogen-bond acceptors (Lipinski definition) is 4. The van der Waals surface area contributed by atoms with Crippen molar-refractivity contribution in [3.05, 3.63) is 169 Å². The van der Waals surface area contributed by atoms with Crippen LogP contribution in [0.1, 0.15) is 22.8 Å². The number of hydrogen-bond donors (Lipinski definition) is 0. The second-order valence-electron chi connectivity index (χ2n) is 13.4. The van der Waals surface area contributed by atoms with E-state index in [0.29, 0.717) is 11.5 Å². The first-order valence-corrected chi connectivity index (χ1v) is 18.0. The molecule has 0 saturated heterocycles. The zero-order valence-corrected chi connectivity index (χ0v) is 34.3. The largest absolute Gasteiger partial charge is 0.339 e. The molecule has 10 rings (SSSR count). The van der Waals surface area contributed by atoms with Gasteiger partial charge in [0.2, 0.25) is 12.7 Å². The summed E-state index contributed by atoms with van der Waals surface area (Å²) in [6.45, 7) is 8.49. The van der Waals surface area contributed by atoms with Crippen LogP contribution in [0.2, 0.25) is 0 Å². The first kappa shape index (κ1) is 37.9. The summed E-state index contributed by atoms with van der Waals surface area (Å²) in [6, 6.07) is 46.6. The van der Waals surface area contributed by atoms with Crippen LogP contribution in [-0.2, 0) is 34.2 Å². The normalized spacial score (nSPS) is 10.9. The van der Waals surface area contributed by atoms with Gasteiger partial charge in [0.25, 0.3) is 0 Å². The minimum atomic E-state index is 0. The van der Waals surface area contributed by atoms with Crippen LogP contribution < -0.4 is 14.2 Å². The smallest absolute Gasteiger partial charge is 0.242 e. The summed E-state index contributed by atoms with van der Waals surface area (Å²) >= 11 is 0. The fourth-order valence-electron chi connectivity index (χ4n) is 6.83. The van der Waals surface area contributed by atoms with Gasteiger partial charge in [-0.25, -0.2) is 0 Å². The molecule has 0 fully saturated rings. The number of benzene rings is 6. The van der Waals surface area contributed by atoms with Gasteiger partial charge in [-0.05, 0) is 51.2 Å². The third-order valence-corrected chi connectivity index (χ3v) is 10.2. The van der Waals surface area contributed by atoms with Crippen molar-refractivity contribution in [2.45, 2.75) is 27.7 Å². The summed E-state index contributed by atoms with van der Waals surface area (Å²) in [7, 11) is 4.06. The molecule has 0 bridgehead atoms. The van der Waals surface area contributed by atoms with Gasteiger partial charge in [-0.1, -0.05) is 88.3 Å². The number of nitrogens with zero attached hydrogens (tertiary/aromatic N) is 9. The molecule has 0 spiro atoms. The monoisotopic (exact) mass is 909 g/mol. The first-order chi connectivity index (χ1) is 26.8. The molecule has 0 atom stereocenters. The average Bonchev–Trinajstić information content (AvgIpc) is 3.94. The minimum Gasteiger partial charge on any atom is -0.339 e. The fraction of sp³-hybridized carbons (Fsp3) is 0.130. The molecule has 279 valence electrons. The Kier molecular flexibility index (Phi) is 11.0. The standard InChI is InChI=1S/2C20H17N2.C6H4N5.Ir/c2*1-14-15(2)22(13-21(14)3)20-12-16-8-4-5-9-17(16)18-10-6-7-11-19(18)20;1-2-4-7-5(3-1)6-8-10-11-9-6;/h2*4-11H,1-3H3;1-4H;/q3*-1;. The molecule has 9 nitrogen and oxygen atoms in total. The molecule has 56 heavy (non-hydrogen) atoms. The van der Waals surface area contributed by atoms with E-state index in [-0.39, 0.29) is 20.1 Å². The number of pyridine rings is 1. The van der Waals surface area contributed by atoms with Gasteiger partial charge in [0.15, 0.2) is 0 Å². The summed E-state index contributed by atoms with van der Waals surface area (Å²) < 4.78 is 8.30. The molecular formula is C46H38IrN9-3. The molecule has 4 heterocycles. The van der Waals surface area contributed by atoms with Gasteiger partial charge in [0, 0.05) is 49.1 Å². The summed E-state index contributed by atoms with van der Waals surface area (Å²) in [5.74, 6) is 0.464. The Bertz CT molecular complexity index is 2780. The van der Waals surface area contributed by atoms with Crippen LogP contribution in [0.4, 0.5) is 0 Å². The van der Waals surface area contributed by atoms with Crippen LogP contribution in [0, 0.1) is 52.5 Å². The van der Waals surface area contributed by atoms with Crippen LogP contribution in [0.15, 0.2) is 121 Å². The van der Waals surface area contributed by atoms with E-state index in [9.17, 15) is 0 Å². The Labute approximate surface area is 339 Å². The predicted octanol–water partition coefficient (Wildman–Crippen LogP) is 7.54. The minimum absolute atomic E-state index is 0. The summed E-state index contributed by atoms with van der Waals surface area (Å²) in [6.07, 6.45) is 8.45.